The minimum atomic E-state index is -2.71. The number of para-hydroxylation sites is 1. The summed E-state index contributed by atoms with van der Waals surface area (Å²) < 4.78 is 23.4. The smallest absolute Gasteiger partial charge is 0.319 e. The molecule has 6 heteroatoms. The van der Waals surface area contributed by atoms with Gasteiger partial charge in [0.25, 0.3) is 5.91 Å². The minimum Gasteiger partial charge on any atom is -0.360 e. The number of hydrogen-bond acceptors (Lipinski definition) is 3. The van der Waals surface area contributed by atoms with E-state index in [0.717, 1.165) is 5.52 Å². The second-order valence-corrected chi connectivity index (χ2v) is 3.48. The fraction of sp³-hybridized carbons (Fsp3) is 0. The zero-order chi connectivity index (χ0) is 10.8. The van der Waals surface area contributed by atoms with Gasteiger partial charge in [-0.05, 0) is 6.07 Å². The third-order valence-corrected chi connectivity index (χ3v) is 2.29. The van der Waals surface area contributed by atoms with Gasteiger partial charge in [-0.25, -0.2) is 0 Å². The molecule has 76 valence electrons. The number of benzene rings is 1. The molecule has 0 aliphatic heterocycles. The van der Waals surface area contributed by atoms with E-state index in [4.69, 9.17) is 0 Å². The van der Waals surface area contributed by atoms with Crippen molar-refractivity contribution in [2.75, 3.05) is 0 Å². The number of aromatic nitrogens is 1. The summed E-state index contributed by atoms with van der Waals surface area (Å²) in [6.07, 6.45) is 1.45. The standard InChI is InChI=1S/C9H6N2O3S/c12-9(11-15(13)14)7-5-10-8-4-2-1-3-6(7)8/h1-5,10H. The lowest BCUT2D eigenvalue weighted by Gasteiger charge is -1.89. The van der Waals surface area contributed by atoms with Gasteiger partial charge in [0.1, 0.15) is 0 Å². The van der Waals surface area contributed by atoms with E-state index in [9.17, 15) is 13.2 Å². The van der Waals surface area contributed by atoms with Crippen molar-refractivity contribution in [1.29, 1.82) is 0 Å². The second kappa shape index (κ2) is 3.66. The number of aromatic amines is 1. The maximum atomic E-state index is 11.4. The Balaban J connectivity index is 2.63. The number of nitrogens with one attached hydrogen (secondary N) is 1. The molecule has 0 aliphatic rings. The molecule has 1 N–H and O–H groups in total. The maximum absolute atomic E-state index is 11.4. The summed E-state index contributed by atoms with van der Waals surface area (Å²) in [5, 5.41) is 0.664. The molecule has 0 fully saturated rings. The van der Waals surface area contributed by atoms with E-state index >= 15 is 0 Å². The van der Waals surface area contributed by atoms with Crippen LogP contribution in [0.2, 0.25) is 0 Å². The molecule has 0 spiro atoms. The Kier molecular flexibility index (Phi) is 2.34. The van der Waals surface area contributed by atoms with Gasteiger partial charge in [-0.3, -0.25) is 4.79 Å². The molecule has 0 atom stereocenters. The molecule has 2 rings (SSSR count). The highest BCUT2D eigenvalue weighted by atomic mass is 32.2. The number of amides is 1. The molecule has 0 aliphatic carbocycles. The summed E-state index contributed by atoms with van der Waals surface area (Å²) in [7, 11) is -2.71. The molecule has 1 aromatic carbocycles. The Morgan fingerprint density at radius 3 is 2.73 bits per heavy atom. The lowest BCUT2D eigenvalue weighted by Crippen LogP contribution is -1.91. The van der Waals surface area contributed by atoms with Crippen molar-refractivity contribution in [3.8, 4) is 0 Å². The van der Waals surface area contributed by atoms with Crippen LogP contribution >= 0.6 is 0 Å². The molecule has 15 heavy (non-hydrogen) atoms. The minimum absolute atomic E-state index is 0.259. The van der Waals surface area contributed by atoms with E-state index < -0.39 is 16.4 Å². The molecule has 0 radical (unpaired) electrons. The van der Waals surface area contributed by atoms with Crippen molar-refractivity contribution in [1.82, 2.24) is 4.98 Å². The van der Waals surface area contributed by atoms with E-state index in [1.165, 1.54) is 6.20 Å². The van der Waals surface area contributed by atoms with E-state index in [-0.39, 0.29) is 5.56 Å². The predicted molar refractivity (Wildman–Crippen MR) is 54.0 cm³/mol. The molecule has 2 aromatic rings. The van der Waals surface area contributed by atoms with Crippen LogP contribution in [0, 0.1) is 0 Å². The molecule has 0 bridgehead atoms. The van der Waals surface area contributed by atoms with Gasteiger partial charge in [-0.2, -0.15) is 8.42 Å². The van der Waals surface area contributed by atoms with Gasteiger partial charge < -0.3 is 4.98 Å². The number of fused-ring (bicyclic) bond motifs is 1. The Hall–Kier alpha value is -1.95. The highest BCUT2D eigenvalue weighted by Crippen LogP contribution is 2.18. The van der Waals surface area contributed by atoms with Crippen molar-refractivity contribution in [3.63, 3.8) is 0 Å². The van der Waals surface area contributed by atoms with Gasteiger partial charge >= 0.3 is 10.5 Å². The maximum Gasteiger partial charge on any atom is 0.319 e. The lowest BCUT2D eigenvalue weighted by atomic mass is 10.2. The van der Waals surface area contributed by atoms with Gasteiger partial charge in [0.2, 0.25) is 0 Å². The molecular weight excluding hydrogens is 216 g/mol. The van der Waals surface area contributed by atoms with Crippen molar-refractivity contribution >= 4 is 27.3 Å². The second-order valence-electron chi connectivity index (χ2n) is 2.86. The van der Waals surface area contributed by atoms with Crippen LogP contribution in [0.3, 0.4) is 0 Å². The Morgan fingerprint density at radius 2 is 2.00 bits per heavy atom. The monoisotopic (exact) mass is 222 g/mol. The van der Waals surface area contributed by atoms with E-state index in [1.54, 1.807) is 18.2 Å². The van der Waals surface area contributed by atoms with Gasteiger partial charge in [0, 0.05) is 17.1 Å². The first kappa shape index (κ1) is 9.60. The fourth-order valence-corrected chi connectivity index (χ4v) is 1.60. The molecule has 1 heterocycles. The summed E-state index contributed by atoms with van der Waals surface area (Å²) in [6, 6.07) is 7.10. The average Bonchev–Trinajstić information content (AvgIpc) is 2.59. The van der Waals surface area contributed by atoms with Crippen LogP contribution in [0.1, 0.15) is 10.4 Å². The van der Waals surface area contributed by atoms with E-state index in [1.807, 2.05) is 6.07 Å². The molecule has 0 saturated heterocycles. The first-order valence-corrected chi connectivity index (χ1v) is 5.13. The zero-order valence-electron chi connectivity index (χ0n) is 7.47. The average molecular weight is 222 g/mol. The summed E-state index contributed by atoms with van der Waals surface area (Å²) >= 11 is 0. The van der Waals surface area contributed by atoms with Crippen LogP contribution in [-0.2, 0) is 10.5 Å². The number of carbonyl (C=O) groups excluding carboxylic acids is 1. The lowest BCUT2D eigenvalue weighted by molar-refractivity contribution is 0.101. The van der Waals surface area contributed by atoms with Gasteiger partial charge in [0.05, 0.1) is 5.56 Å². The van der Waals surface area contributed by atoms with Gasteiger partial charge in [0.15, 0.2) is 0 Å². The predicted octanol–water partition coefficient (Wildman–Crippen LogP) is 1.37. The fourth-order valence-electron chi connectivity index (χ4n) is 1.37. The Bertz CT molecular complexity index is 647. The van der Waals surface area contributed by atoms with Gasteiger partial charge in [-0.1, -0.05) is 22.6 Å². The third kappa shape index (κ3) is 1.79. The number of H-pyrrole nitrogens is 1. The SMILES string of the molecule is O=C(N=S(=O)=O)c1c[nH]c2ccccc12. The normalized spacial score (nSPS) is 10.1. The Morgan fingerprint density at radius 1 is 1.27 bits per heavy atom. The van der Waals surface area contributed by atoms with Crippen molar-refractivity contribution in [2.45, 2.75) is 0 Å². The number of carbonyl (C=O) groups is 1. The first-order chi connectivity index (χ1) is 7.18. The topological polar surface area (TPSA) is 79.4 Å². The summed E-state index contributed by atoms with van der Waals surface area (Å²) in [6.45, 7) is 0. The molecule has 1 aromatic heterocycles. The van der Waals surface area contributed by atoms with E-state index in [0.29, 0.717) is 5.39 Å². The molecule has 0 unspecified atom stereocenters. The van der Waals surface area contributed by atoms with Crippen molar-refractivity contribution in [3.05, 3.63) is 36.0 Å². The van der Waals surface area contributed by atoms with Crippen LogP contribution < -0.4 is 0 Å². The molecule has 0 saturated carbocycles. The van der Waals surface area contributed by atoms with Crippen molar-refractivity contribution < 1.29 is 13.2 Å². The largest absolute Gasteiger partial charge is 0.360 e. The number of nitrogens with zero attached hydrogens (tertiary/aromatic N) is 1. The molecule has 1 amide bonds. The highest BCUT2D eigenvalue weighted by Gasteiger charge is 2.10. The molecule has 5 nitrogen and oxygen atoms in total. The van der Waals surface area contributed by atoms with Crippen LogP contribution in [0.25, 0.3) is 10.9 Å². The van der Waals surface area contributed by atoms with Crippen LogP contribution in [0.15, 0.2) is 34.8 Å². The van der Waals surface area contributed by atoms with E-state index in [2.05, 4.69) is 9.35 Å². The quantitative estimate of drug-likeness (QED) is 0.791. The first-order valence-electron chi connectivity index (χ1n) is 4.10. The van der Waals surface area contributed by atoms with Crippen LogP contribution in [0.5, 0.6) is 0 Å². The summed E-state index contributed by atoms with van der Waals surface area (Å²) in [5.41, 5.74) is 1.03. The highest BCUT2D eigenvalue weighted by molar-refractivity contribution is 7.62. The molecular formula is C9H6N2O3S. The van der Waals surface area contributed by atoms with Crippen LogP contribution in [-0.4, -0.2) is 19.3 Å². The van der Waals surface area contributed by atoms with Gasteiger partial charge in [-0.15, -0.1) is 0 Å². The zero-order valence-corrected chi connectivity index (χ0v) is 8.28. The summed E-state index contributed by atoms with van der Waals surface area (Å²) in [4.78, 5) is 14.2. The van der Waals surface area contributed by atoms with Crippen molar-refractivity contribution in [2.24, 2.45) is 4.36 Å². The number of hydrogen-bond donors (Lipinski definition) is 1. The van der Waals surface area contributed by atoms with Crippen LogP contribution in [0.4, 0.5) is 0 Å². The summed E-state index contributed by atoms with van der Waals surface area (Å²) in [5.74, 6) is -0.763. The Labute approximate surface area is 86.4 Å². The third-order valence-electron chi connectivity index (χ3n) is 1.98. The number of rotatable bonds is 1.